The van der Waals surface area contributed by atoms with E-state index in [0.29, 0.717) is 17.5 Å². The summed E-state index contributed by atoms with van der Waals surface area (Å²) in [5, 5.41) is 6.76. The van der Waals surface area contributed by atoms with Crippen LogP contribution in [0.3, 0.4) is 0 Å². The highest BCUT2D eigenvalue weighted by Crippen LogP contribution is 2.39. The molecule has 1 fully saturated rings. The van der Waals surface area contributed by atoms with Crippen molar-refractivity contribution in [3.63, 3.8) is 0 Å². The smallest absolute Gasteiger partial charge is 0.372 e. The lowest BCUT2D eigenvalue weighted by Gasteiger charge is -2.15. The summed E-state index contributed by atoms with van der Waals surface area (Å²) in [5.41, 5.74) is 2.58. The van der Waals surface area contributed by atoms with Crippen LogP contribution in [0.15, 0.2) is 48.9 Å². The minimum absolute atomic E-state index is 0.111. The van der Waals surface area contributed by atoms with E-state index in [4.69, 9.17) is 0 Å². The van der Waals surface area contributed by atoms with E-state index < -0.39 is 12.1 Å². The molecule has 5 rings (SSSR count). The molecule has 182 valence electrons. The number of aryl methyl sites for hydroxylation is 1. The molecule has 1 amide bonds. The van der Waals surface area contributed by atoms with Crippen LogP contribution in [-0.2, 0) is 11.2 Å². The number of hydrogen-bond acceptors (Lipinski definition) is 5. The maximum Gasteiger partial charge on any atom is 0.471 e. The molecule has 7 nitrogen and oxygen atoms in total. The highest BCUT2D eigenvalue weighted by atomic mass is 19.4. The highest BCUT2D eigenvalue weighted by molar-refractivity contribution is 5.95. The number of carbonyl (C=O) groups is 1. The molecule has 2 unspecified atom stereocenters. The van der Waals surface area contributed by atoms with Crippen LogP contribution in [-0.4, -0.2) is 38.7 Å². The Kier molecular flexibility index (Phi) is 6.04. The summed E-state index contributed by atoms with van der Waals surface area (Å²) < 4.78 is 39.9. The molecule has 10 heteroatoms. The van der Waals surface area contributed by atoms with E-state index in [1.807, 2.05) is 30.6 Å². The van der Waals surface area contributed by atoms with Crippen LogP contribution < -0.4 is 10.6 Å². The van der Waals surface area contributed by atoms with Gasteiger partial charge in [0, 0.05) is 24.7 Å². The number of rotatable bonds is 6. The van der Waals surface area contributed by atoms with E-state index in [9.17, 15) is 18.0 Å². The van der Waals surface area contributed by atoms with Gasteiger partial charge in [-0.3, -0.25) is 4.79 Å². The van der Waals surface area contributed by atoms with Crippen molar-refractivity contribution in [1.29, 1.82) is 0 Å². The lowest BCUT2D eigenvalue weighted by atomic mass is 9.97. The van der Waals surface area contributed by atoms with Crippen LogP contribution in [0.2, 0.25) is 0 Å². The number of aromatic nitrogens is 4. The van der Waals surface area contributed by atoms with Crippen LogP contribution in [0.4, 0.5) is 24.8 Å². The van der Waals surface area contributed by atoms with E-state index in [-0.39, 0.29) is 5.82 Å². The fraction of sp³-hybridized carbons (Fsp3) is 0.360. The molecule has 2 N–H and O–H groups in total. The summed E-state index contributed by atoms with van der Waals surface area (Å²) in [6.45, 7) is 0. The number of hydrogen-bond donors (Lipinski definition) is 2. The molecule has 3 aromatic heterocycles. The number of fused-ring (bicyclic) bond motifs is 2. The monoisotopic (exact) mass is 482 g/mol. The average molecular weight is 483 g/mol. The molecular formula is C25H25F3N6O. The van der Waals surface area contributed by atoms with Crippen molar-refractivity contribution in [2.24, 2.45) is 5.92 Å². The molecule has 1 saturated carbocycles. The largest absolute Gasteiger partial charge is 0.471 e. The standard InChI is InChI=1S/C25H25F3N6O/c1-29-22-19-10-11-34(23(19)31-14-30-22)18-8-5-15(12-18)2-3-16-4-6-17-7-9-21(32-20(17)13-16)33-24(35)25(26,27)28/h4,6-7,9-11,13-15,18H,2-3,5,8,12H2,1H3,(H,29,30,31)(H,32,33,35). The van der Waals surface area contributed by atoms with E-state index in [1.165, 1.54) is 6.07 Å². The Morgan fingerprint density at radius 2 is 1.97 bits per heavy atom. The van der Waals surface area contributed by atoms with Gasteiger partial charge in [0.2, 0.25) is 0 Å². The van der Waals surface area contributed by atoms with Gasteiger partial charge in [0.1, 0.15) is 23.6 Å². The number of carbonyl (C=O) groups excluding carboxylic acids is 1. The third kappa shape index (κ3) is 4.78. The second-order valence-electron chi connectivity index (χ2n) is 8.98. The number of benzene rings is 1. The fourth-order valence-electron chi connectivity index (χ4n) is 4.97. The van der Waals surface area contributed by atoms with Gasteiger partial charge in [-0.05, 0) is 67.9 Å². The van der Waals surface area contributed by atoms with E-state index in [1.54, 1.807) is 12.4 Å². The lowest BCUT2D eigenvalue weighted by Crippen LogP contribution is -2.30. The summed E-state index contributed by atoms with van der Waals surface area (Å²) in [4.78, 5) is 24.2. The molecule has 1 aliphatic rings. The first kappa shape index (κ1) is 23.1. The summed E-state index contributed by atoms with van der Waals surface area (Å²) in [6.07, 6.45) is 3.90. The van der Waals surface area contributed by atoms with Crippen molar-refractivity contribution in [2.45, 2.75) is 44.3 Å². The Morgan fingerprint density at radius 1 is 1.14 bits per heavy atom. The predicted molar refractivity (Wildman–Crippen MR) is 128 cm³/mol. The number of nitrogens with one attached hydrogen (secondary N) is 2. The first-order valence-electron chi connectivity index (χ1n) is 11.6. The predicted octanol–water partition coefficient (Wildman–Crippen LogP) is 5.50. The molecule has 0 spiro atoms. The Labute approximate surface area is 199 Å². The summed E-state index contributed by atoms with van der Waals surface area (Å²) >= 11 is 0. The lowest BCUT2D eigenvalue weighted by molar-refractivity contribution is -0.167. The minimum atomic E-state index is -4.95. The van der Waals surface area contributed by atoms with Crippen molar-refractivity contribution in [3.05, 3.63) is 54.5 Å². The van der Waals surface area contributed by atoms with Gasteiger partial charge in [-0.25, -0.2) is 15.0 Å². The zero-order valence-corrected chi connectivity index (χ0v) is 19.1. The van der Waals surface area contributed by atoms with Gasteiger partial charge in [0.15, 0.2) is 0 Å². The van der Waals surface area contributed by atoms with E-state index in [0.717, 1.165) is 59.9 Å². The Bertz CT molecular complexity index is 1380. The van der Waals surface area contributed by atoms with Crippen molar-refractivity contribution in [2.75, 3.05) is 17.7 Å². The third-order valence-corrected chi connectivity index (χ3v) is 6.75. The van der Waals surface area contributed by atoms with Gasteiger partial charge in [0.25, 0.3) is 0 Å². The van der Waals surface area contributed by atoms with Crippen molar-refractivity contribution in [1.82, 2.24) is 19.5 Å². The topological polar surface area (TPSA) is 84.7 Å². The highest BCUT2D eigenvalue weighted by Gasteiger charge is 2.38. The SMILES string of the molecule is CNc1ncnc2c1ccn2C1CCC(CCc2ccc3ccc(NC(=O)C(F)(F)F)nc3c2)C1. The Hall–Kier alpha value is -3.69. The molecule has 2 atom stereocenters. The van der Waals surface area contributed by atoms with Gasteiger partial charge in [-0.15, -0.1) is 0 Å². The Balaban J connectivity index is 1.24. The molecular weight excluding hydrogens is 457 g/mol. The minimum Gasteiger partial charge on any atom is -0.372 e. The molecule has 1 aliphatic carbocycles. The third-order valence-electron chi connectivity index (χ3n) is 6.75. The van der Waals surface area contributed by atoms with Crippen molar-refractivity contribution >= 4 is 39.5 Å². The maximum absolute atomic E-state index is 12.5. The van der Waals surface area contributed by atoms with Crippen LogP contribution in [0.5, 0.6) is 0 Å². The maximum atomic E-state index is 12.5. The number of nitrogens with zero attached hydrogens (tertiary/aromatic N) is 4. The Morgan fingerprint density at radius 3 is 2.77 bits per heavy atom. The molecule has 3 heterocycles. The molecule has 0 radical (unpaired) electrons. The summed E-state index contributed by atoms with van der Waals surface area (Å²) in [6, 6.07) is 11.3. The normalized spacial score (nSPS) is 18.3. The number of anilines is 2. The summed E-state index contributed by atoms with van der Waals surface area (Å²) in [5.74, 6) is -0.737. The second-order valence-corrected chi connectivity index (χ2v) is 8.98. The van der Waals surface area contributed by atoms with E-state index in [2.05, 4.69) is 37.1 Å². The van der Waals surface area contributed by atoms with Crippen LogP contribution in [0.1, 0.15) is 37.3 Å². The number of halogens is 3. The molecule has 0 saturated heterocycles. The van der Waals surface area contributed by atoms with Crippen LogP contribution in [0.25, 0.3) is 21.9 Å². The average Bonchev–Trinajstić information content (AvgIpc) is 3.48. The second kappa shape index (κ2) is 9.16. The zero-order valence-electron chi connectivity index (χ0n) is 19.1. The quantitative estimate of drug-likeness (QED) is 0.379. The van der Waals surface area contributed by atoms with E-state index >= 15 is 0 Å². The van der Waals surface area contributed by atoms with Crippen molar-refractivity contribution in [3.8, 4) is 0 Å². The van der Waals surface area contributed by atoms with Gasteiger partial charge < -0.3 is 15.2 Å². The van der Waals surface area contributed by atoms with Gasteiger partial charge in [-0.1, -0.05) is 12.1 Å². The first-order valence-corrected chi connectivity index (χ1v) is 11.6. The first-order chi connectivity index (χ1) is 16.8. The number of alkyl halides is 3. The van der Waals surface area contributed by atoms with Crippen LogP contribution in [0, 0.1) is 5.92 Å². The molecule has 0 bridgehead atoms. The van der Waals surface area contributed by atoms with Gasteiger partial charge in [-0.2, -0.15) is 13.2 Å². The number of pyridine rings is 1. The molecule has 0 aliphatic heterocycles. The zero-order chi connectivity index (χ0) is 24.6. The molecule has 35 heavy (non-hydrogen) atoms. The molecule has 4 aromatic rings. The van der Waals surface area contributed by atoms with Crippen LogP contribution >= 0.6 is 0 Å². The van der Waals surface area contributed by atoms with Crippen molar-refractivity contribution < 1.29 is 18.0 Å². The molecule has 1 aromatic carbocycles. The summed E-state index contributed by atoms with van der Waals surface area (Å²) in [7, 11) is 1.85. The van der Waals surface area contributed by atoms with Gasteiger partial charge >= 0.3 is 12.1 Å². The number of amides is 1. The van der Waals surface area contributed by atoms with Gasteiger partial charge in [0.05, 0.1) is 10.9 Å². The fourth-order valence-corrected chi connectivity index (χ4v) is 4.97.